The third-order valence-electron chi connectivity index (χ3n) is 4.35. The fourth-order valence-electron chi connectivity index (χ4n) is 2.63. The zero-order valence-corrected chi connectivity index (χ0v) is 17.8. The molecule has 28 heavy (non-hydrogen) atoms. The lowest BCUT2D eigenvalue weighted by molar-refractivity contribution is -0.137. The molecular formula is C23H36O5. The first-order valence-electron chi connectivity index (χ1n) is 10.8. The highest BCUT2D eigenvalue weighted by Gasteiger charge is 2.15. The van der Waals surface area contributed by atoms with Crippen LogP contribution in [0.1, 0.15) is 91.4 Å². The van der Waals surface area contributed by atoms with Gasteiger partial charge in [0.15, 0.2) is 11.5 Å². The van der Waals surface area contributed by atoms with E-state index < -0.39 is 0 Å². The lowest BCUT2D eigenvalue weighted by Gasteiger charge is -2.13. The number of hydrogen-bond donors (Lipinski definition) is 0. The minimum absolute atomic E-state index is 0.245. The zero-order valence-electron chi connectivity index (χ0n) is 17.8. The average Bonchev–Trinajstić information content (AvgIpc) is 2.69. The molecule has 0 aliphatic heterocycles. The maximum absolute atomic E-state index is 12.0. The van der Waals surface area contributed by atoms with Gasteiger partial charge in [0.1, 0.15) is 5.75 Å². The monoisotopic (exact) mass is 392 g/mol. The molecule has 0 radical (unpaired) electrons. The molecule has 158 valence electrons. The van der Waals surface area contributed by atoms with E-state index >= 15 is 0 Å². The molecule has 0 saturated carbocycles. The fraction of sp³-hybridized carbons (Fsp3) is 0.652. The van der Waals surface area contributed by atoms with Crippen molar-refractivity contribution in [2.24, 2.45) is 0 Å². The van der Waals surface area contributed by atoms with Gasteiger partial charge < -0.3 is 14.2 Å². The highest BCUT2D eigenvalue weighted by molar-refractivity contribution is 5.76. The fourth-order valence-corrected chi connectivity index (χ4v) is 2.63. The zero-order chi connectivity index (χ0) is 20.6. The molecule has 0 N–H and O–H groups in total. The minimum Gasteiger partial charge on any atom is -0.493 e. The standard InChI is InChI=1S/C23H36O5/c1-4-7-10-11-12-17-26-19-15-16-20(27-22(24)13-8-5-2)21(18-19)28-23(25)14-9-6-3/h15-16,18H,4-14,17H2,1-3H3. The van der Waals surface area contributed by atoms with Gasteiger partial charge in [0.2, 0.25) is 0 Å². The smallest absolute Gasteiger partial charge is 0.311 e. The summed E-state index contributed by atoms with van der Waals surface area (Å²) in [5.41, 5.74) is 0. The SMILES string of the molecule is CCCCCCCOc1ccc(OC(=O)CCCC)c(OC(=O)CCCC)c1. The van der Waals surface area contributed by atoms with E-state index in [9.17, 15) is 9.59 Å². The van der Waals surface area contributed by atoms with Crippen LogP contribution in [0.5, 0.6) is 17.2 Å². The second kappa shape index (κ2) is 14.9. The lowest BCUT2D eigenvalue weighted by Crippen LogP contribution is -2.12. The van der Waals surface area contributed by atoms with Gasteiger partial charge in [-0.3, -0.25) is 9.59 Å². The predicted octanol–water partition coefficient (Wildman–Crippen LogP) is 6.23. The molecule has 5 heteroatoms. The number of unbranched alkanes of at least 4 members (excludes halogenated alkanes) is 6. The van der Waals surface area contributed by atoms with Crippen molar-refractivity contribution < 1.29 is 23.8 Å². The van der Waals surface area contributed by atoms with E-state index in [1.54, 1.807) is 18.2 Å². The van der Waals surface area contributed by atoms with Crippen LogP contribution < -0.4 is 14.2 Å². The van der Waals surface area contributed by atoms with Crippen LogP contribution in [0.15, 0.2) is 18.2 Å². The molecule has 1 aromatic carbocycles. The Hall–Kier alpha value is -2.04. The molecule has 0 aliphatic rings. The molecule has 0 saturated heterocycles. The topological polar surface area (TPSA) is 61.8 Å². The second-order valence-electron chi connectivity index (χ2n) is 7.03. The van der Waals surface area contributed by atoms with Crippen LogP contribution in [-0.2, 0) is 9.59 Å². The first kappa shape index (κ1) is 24.0. The van der Waals surface area contributed by atoms with Crippen LogP contribution in [0.4, 0.5) is 0 Å². The summed E-state index contributed by atoms with van der Waals surface area (Å²) in [5, 5.41) is 0. The van der Waals surface area contributed by atoms with Gasteiger partial charge in [-0.2, -0.15) is 0 Å². The Morgan fingerprint density at radius 1 is 0.714 bits per heavy atom. The molecule has 1 aromatic rings. The highest BCUT2D eigenvalue weighted by Crippen LogP contribution is 2.32. The van der Waals surface area contributed by atoms with Crippen LogP contribution in [-0.4, -0.2) is 18.5 Å². The van der Waals surface area contributed by atoms with Crippen molar-refractivity contribution in [3.63, 3.8) is 0 Å². The van der Waals surface area contributed by atoms with Gasteiger partial charge in [-0.05, 0) is 31.4 Å². The van der Waals surface area contributed by atoms with Crippen molar-refractivity contribution in [3.8, 4) is 17.2 Å². The lowest BCUT2D eigenvalue weighted by atomic mass is 10.2. The van der Waals surface area contributed by atoms with Crippen LogP contribution in [0.3, 0.4) is 0 Å². The average molecular weight is 393 g/mol. The Bertz CT molecular complexity index is 582. The van der Waals surface area contributed by atoms with Crippen molar-refractivity contribution in [1.82, 2.24) is 0 Å². The molecule has 5 nitrogen and oxygen atoms in total. The third kappa shape index (κ3) is 10.3. The Morgan fingerprint density at radius 3 is 1.89 bits per heavy atom. The molecule has 0 amide bonds. The van der Waals surface area contributed by atoms with Gasteiger partial charge in [0.05, 0.1) is 6.61 Å². The van der Waals surface area contributed by atoms with E-state index in [1.807, 2.05) is 13.8 Å². The number of benzene rings is 1. The summed E-state index contributed by atoms with van der Waals surface area (Å²) < 4.78 is 16.6. The van der Waals surface area contributed by atoms with Gasteiger partial charge in [-0.1, -0.05) is 59.3 Å². The minimum atomic E-state index is -0.329. The Morgan fingerprint density at radius 2 is 1.29 bits per heavy atom. The first-order valence-corrected chi connectivity index (χ1v) is 10.8. The van der Waals surface area contributed by atoms with E-state index in [0.717, 1.165) is 38.5 Å². The number of hydrogen-bond acceptors (Lipinski definition) is 5. The van der Waals surface area contributed by atoms with Crippen LogP contribution in [0, 0.1) is 0 Å². The van der Waals surface area contributed by atoms with Gasteiger partial charge in [0.25, 0.3) is 0 Å². The number of rotatable bonds is 15. The van der Waals surface area contributed by atoms with Crippen LogP contribution >= 0.6 is 0 Å². The Kier molecular flexibility index (Phi) is 12.8. The second-order valence-corrected chi connectivity index (χ2v) is 7.03. The summed E-state index contributed by atoms with van der Waals surface area (Å²) in [6.45, 7) is 6.84. The summed E-state index contributed by atoms with van der Waals surface area (Å²) in [5.74, 6) is 0.472. The van der Waals surface area contributed by atoms with Crippen molar-refractivity contribution in [1.29, 1.82) is 0 Å². The molecule has 0 bridgehead atoms. The molecule has 0 atom stereocenters. The number of ether oxygens (including phenoxy) is 3. The molecule has 0 aliphatic carbocycles. The summed E-state index contributed by atoms with van der Waals surface area (Å²) >= 11 is 0. The Balaban J connectivity index is 2.72. The maximum Gasteiger partial charge on any atom is 0.311 e. The third-order valence-corrected chi connectivity index (χ3v) is 4.35. The van der Waals surface area contributed by atoms with Crippen molar-refractivity contribution in [2.45, 2.75) is 91.4 Å². The van der Waals surface area contributed by atoms with E-state index in [4.69, 9.17) is 14.2 Å². The van der Waals surface area contributed by atoms with Crippen molar-refractivity contribution in [3.05, 3.63) is 18.2 Å². The van der Waals surface area contributed by atoms with Crippen molar-refractivity contribution in [2.75, 3.05) is 6.61 Å². The summed E-state index contributed by atoms with van der Waals surface area (Å²) in [6.07, 6.45) is 9.84. The number of carbonyl (C=O) groups is 2. The largest absolute Gasteiger partial charge is 0.493 e. The van der Waals surface area contributed by atoms with E-state index in [0.29, 0.717) is 25.2 Å². The highest BCUT2D eigenvalue weighted by atomic mass is 16.6. The predicted molar refractivity (Wildman–Crippen MR) is 111 cm³/mol. The van der Waals surface area contributed by atoms with Gasteiger partial charge in [-0.25, -0.2) is 0 Å². The van der Waals surface area contributed by atoms with Gasteiger partial charge >= 0.3 is 11.9 Å². The van der Waals surface area contributed by atoms with Crippen LogP contribution in [0.25, 0.3) is 0 Å². The maximum atomic E-state index is 12.0. The molecule has 0 aromatic heterocycles. The van der Waals surface area contributed by atoms with Gasteiger partial charge in [-0.15, -0.1) is 0 Å². The summed E-state index contributed by atoms with van der Waals surface area (Å²) in [7, 11) is 0. The van der Waals surface area contributed by atoms with E-state index in [2.05, 4.69) is 6.92 Å². The molecule has 0 heterocycles. The molecule has 1 rings (SSSR count). The molecule has 0 unspecified atom stereocenters. The van der Waals surface area contributed by atoms with Crippen LogP contribution in [0.2, 0.25) is 0 Å². The Labute approximate surface area is 169 Å². The van der Waals surface area contributed by atoms with Crippen molar-refractivity contribution >= 4 is 11.9 Å². The van der Waals surface area contributed by atoms with E-state index in [1.165, 1.54) is 19.3 Å². The summed E-state index contributed by atoms with van der Waals surface area (Å²) in [6, 6.07) is 5.02. The molecule has 0 fully saturated rings. The molecule has 0 spiro atoms. The first-order chi connectivity index (χ1) is 13.6. The number of esters is 2. The quantitative estimate of drug-likeness (QED) is 0.201. The summed E-state index contributed by atoms with van der Waals surface area (Å²) in [4.78, 5) is 24.0. The molecular weight excluding hydrogens is 356 g/mol. The van der Waals surface area contributed by atoms with Gasteiger partial charge in [0, 0.05) is 18.9 Å². The number of carbonyl (C=O) groups excluding carboxylic acids is 2. The normalized spacial score (nSPS) is 10.5. The van der Waals surface area contributed by atoms with E-state index in [-0.39, 0.29) is 23.4 Å².